The van der Waals surface area contributed by atoms with E-state index in [1.165, 1.54) is 24.5 Å². The zero-order valence-corrected chi connectivity index (χ0v) is 16.1. The number of nitrogens with zero attached hydrogens (tertiary/aromatic N) is 2. The van der Waals surface area contributed by atoms with E-state index in [0.29, 0.717) is 22.9 Å². The van der Waals surface area contributed by atoms with Gasteiger partial charge in [0.1, 0.15) is 5.82 Å². The van der Waals surface area contributed by atoms with Crippen LogP contribution in [-0.2, 0) is 13.1 Å². The third kappa shape index (κ3) is 4.13. The number of aromatic nitrogens is 1. The van der Waals surface area contributed by atoms with Gasteiger partial charge in [0.15, 0.2) is 0 Å². The summed E-state index contributed by atoms with van der Waals surface area (Å²) < 4.78 is 14.0. The van der Waals surface area contributed by atoms with Crippen molar-refractivity contribution >= 4 is 16.7 Å². The number of nitrogens with one attached hydrogen (secondary N) is 1. The van der Waals surface area contributed by atoms with Crippen LogP contribution in [0.15, 0.2) is 54.9 Å². The first-order valence-electron chi connectivity index (χ1n) is 9.89. The van der Waals surface area contributed by atoms with Gasteiger partial charge in [0.2, 0.25) is 0 Å². The molecule has 4 rings (SSSR count). The van der Waals surface area contributed by atoms with E-state index in [2.05, 4.69) is 21.3 Å². The number of amides is 1. The fourth-order valence-electron chi connectivity index (χ4n) is 4.04. The average molecular weight is 393 g/mol. The molecule has 1 aliphatic heterocycles. The number of carbonyl (C=O) groups is 1. The zero-order valence-electron chi connectivity index (χ0n) is 16.1. The fourth-order valence-corrected chi connectivity index (χ4v) is 4.04. The summed E-state index contributed by atoms with van der Waals surface area (Å²) in [7, 11) is 0. The molecule has 2 N–H and O–H groups in total. The number of benzene rings is 2. The molecule has 0 aliphatic carbocycles. The molecule has 1 amide bonds. The maximum atomic E-state index is 14.0. The van der Waals surface area contributed by atoms with Gasteiger partial charge in [0, 0.05) is 47.9 Å². The van der Waals surface area contributed by atoms with E-state index in [1.54, 1.807) is 6.07 Å². The van der Waals surface area contributed by atoms with Crippen LogP contribution < -0.4 is 5.32 Å². The van der Waals surface area contributed by atoms with Crippen LogP contribution in [0.1, 0.15) is 34.3 Å². The Morgan fingerprint density at radius 3 is 2.83 bits per heavy atom. The molecule has 3 aromatic rings. The Morgan fingerprint density at radius 2 is 2.00 bits per heavy atom. The van der Waals surface area contributed by atoms with Crippen molar-refractivity contribution in [1.82, 2.24) is 15.2 Å². The first-order chi connectivity index (χ1) is 14.2. The highest BCUT2D eigenvalue weighted by molar-refractivity contribution is 6.06. The zero-order chi connectivity index (χ0) is 20.2. The summed E-state index contributed by atoms with van der Waals surface area (Å²) in [5.74, 6) is -0.624. The van der Waals surface area contributed by atoms with Gasteiger partial charge in [0.05, 0.1) is 6.61 Å². The Bertz CT molecular complexity index is 1020. The fraction of sp³-hybridized carbons (Fsp3) is 0.304. The van der Waals surface area contributed by atoms with Crippen molar-refractivity contribution in [3.8, 4) is 0 Å². The molecular formula is C23H24FN3O2. The smallest absolute Gasteiger partial charge is 0.252 e. The first kappa shape index (κ1) is 19.5. The van der Waals surface area contributed by atoms with Gasteiger partial charge >= 0.3 is 0 Å². The van der Waals surface area contributed by atoms with Gasteiger partial charge < -0.3 is 10.4 Å². The summed E-state index contributed by atoms with van der Waals surface area (Å²) in [6.45, 7) is 2.28. The van der Waals surface area contributed by atoms with E-state index in [-0.39, 0.29) is 24.4 Å². The number of likely N-dealkylation sites (tertiary alicyclic amines) is 1. The Balaban J connectivity index is 1.50. The monoisotopic (exact) mass is 393 g/mol. The minimum Gasteiger partial charge on any atom is -0.395 e. The lowest BCUT2D eigenvalue weighted by atomic mass is 10.0. The van der Waals surface area contributed by atoms with Gasteiger partial charge in [-0.05, 0) is 48.7 Å². The summed E-state index contributed by atoms with van der Waals surface area (Å²) in [6.07, 6.45) is 5.14. The number of pyridine rings is 1. The molecule has 1 saturated heterocycles. The second kappa shape index (κ2) is 8.68. The van der Waals surface area contributed by atoms with Gasteiger partial charge in [0.25, 0.3) is 5.91 Å². The molecule has 2 heterocycles. The molecule has 1 aromatic heterocycles. The summed E-state index contributed by atoms with van der Waals surface area (Å²) in [5.41, 5.74) is 2.58. The predicted octanol–water partition coefficient (Wildman–Crippen LogP) is 3.26. The van der Waals surface area contributed by atoms with Gasteiger partial charge in [-0.1, -0.05) is 24.3 Å². The number of hydrogen-bond donors (Lipinski definition) is 2. The molecule has 1 fully saturated rings. The van der Waals surface area contributed by atoms with Gasteiger partial charge in [-0.2, -0.15) is 0 Å². The second-order valence-corrected chi connectivity index (χ2v) is 7.42. The van der Waals surface area contributed by atoms with Crippen LogP contribution in [0.2, 0.25) is 0 Å². The minimum absolute atomic E-state index is 0.171. The Kier molecular flexibility index (Phi) is 5.83. The number of hydrogen-bond acceptors (Lipinski definition) is 4. The Hall–Kier alpha value is -2.83. The maximum Gasteiger partial charge on any atom is 0.252 e. The lowest BCUT2D eigenvalue weighted by Gasteiger charge is -2.24. The molecule has 1 atom stereocenters. The molecule has 0 spiro atoms. The van der Waals surface area contributed by atoms with Gasteiger partial charge in [-0.25, -0.2) is 4.39 Å². The van der Waals surface area contributed by atoms with E-state index < -0.39 is 0 Å². The van der Waals surface area contributed by atoms with Gasteiger partial charge in [-0.15, -0.1) is 0 Å². The van der Waals surface area contributed by atoms with Crippen LogP contribution >= 0.6 is 0 Å². The molecule has 6 heteroatoms. The van der Waals surface area contributed by atoms with Crippen LogP contribution in [0.25, 0.3) is 10.8 Å². The van der Waals surface area contributed by atoms with E-state index in [1.807, 2.05) is 18.2 Å². The highest BCUT2D eigenvalue weighted by Crippen LogP contribution is 2.23. The number of halogens is 1. The van der Waals surface area contributed by atoms with Crippen molar-refractivity contribution in [2.24, 2.45) is 0 Å². The number of rotatable bonds is 6. The van der Waals surface area contributed by atoms with Crippen molar-refractivity contribution in [2.75, 3.05) is 13.2 Å². The van der Waals surface area contributed by atoms with Crippen molar-refractivity contribution in [1.29, 1.82) is 0 Å². The molecule has 0 bridgehead atoms. The van der Waals surface area contributed by atoms with Gasteiger partial charge in [-0.3, -0.25) is 14.7 Å². The molecule has 2 aromatic carbocycles. The quantitative estimate of drug-likeness (QED) is 0.675. The van der Waals surface area contributed by atoms with Crippen LogP contribution in [0, 0.1) is 5.82 Å². The summed E-state index contributed by atoms with van der Waals surface area (Å²) in [4.78, 5) is 19.1. The van der Waals surface area contributed by atoms with E-state index >= 15 is 0 Å². The van der Waals surface area contributed by atoms with E-state index in [9.17, 15) is 14.3 Å². The van der Waals surface area contributed by atoms with Crippen molar-refractivity contribution in [3.63, 3.8) is 0 Å². The lowest BCUT2D eigenvalue weighted by Crippen LogP contribution is -2.32. The number of aliphatic hydroxyl groups excluding tert-OH is 1. The van der Waals surface area contributed by atoms with Crippen molar-refractivity contribution < 1.29 is 14.3 Å². The highest BCUT2D eigenvalue weighted by Gasteiger charge is 2.24. The second-order valence-electron chi connectivity index (χ2n) is 7.42. The molecule has 1 unspecified atom stereocenters. The average Bonchev–Trinajstić information content (AvgIpc) is 3.20. The molecule has 0 saturated carbocycles. The topological polar surface area (TPSA) is 65.5 Å². The summed E-state index contributed by atoms with van der Waals surface area (Å²) in [6, 6.07) is 12.6. The third-order valence-electron chi connectivity index (χ3n) is 5.65. The lowest BCUT2D eigenvalue weighted by molar-refractivity contribution is 0.0952. The molecule has 5 nitrogen and oxygen atoms in total. The largest absolute Gasteiger partial charge is 0.395 e. The highest BCUT2D eigenvalue weighted by atomic mass is 19.1. The van der Waals surface area contributed by atoms with Crippen LogP contribution in [0.3, 0.4) is 0 Å². The molecule has 0 radical (unpaired) electrons. The number of aliphatic hydroxyl groups is 1. The molecular weight excluding hydrogens is 369 g/mol. The normalized spacial score (nSPS) is 17.0. The minimum atomic E-state index is -0.367. The molecule has 150 valence electrons. The van der Waals surface area contributed by atoms with Crippen LogP contribution in [0.4, 0.5) is 4.39 Å². The van der Waals surface area contributed by atoms with E-state index in [4.69, 9.17) is 0 Å². The van der Waals surface area contributed by atoms with Crippen LogP contribution in [0.5, 0.6) is 0 Å². The SMILES string of the molecule is O=C(NCc1ccccc1CN1CCCC1CO)c1ccc(F)c2ccncc12. The maximum absolute atomic E-state index is 14.0. The first-order valence-corrected chi connectivity index (χ1v) is 9.89. The van der Waals surface area contributed by atoms with E-state index in [0.717, 1.165) is 37.1 Å². The Morgan fingerprint density at radius 1 is 1.17 bits per heavy atom. The number of fused-ring (bicyclic) bond motifs is 1. The standard InChI is InChI=1S/C23H24FN3O2/c24-22-8-7-20(21-13-25-10-9-19(21)22)23(29)26-12-16-4-1-2-5-17(16)14-27-11-3-6-18(27)15-28/h1-2,4-5,7-10,13,18,28H,3,6,11-12,14-15H2,(H,26,29). The Labute approximate surface area is 169 Å². The molecule has 1 aliphatic rings. The summed E-state index contributed by atoms with van der Waals surface area (Å²) >= 11 is 0. The van der Waals surface area contributed by atoms with Crippen LogP contribution in [-0.4, -0.2) is 40.1 Å². The summed E-state index contributed by atoms with van der Waals surface area (Å²) in [5, 5.41) is 13.4. The van der Waals surface area contributed by atoms with Crippen molar-refractivity contribution in [3.05, 3.63) is 77.4 Å². The van der Waals surface area contributed by atoms with Crippen molar-refractivity contribution in [2.45, 2.75) is 32.0 Å². The predicted molar refractivity (Wildman–Crippen MR) is 110 cm³/mol. The molecule has 29 heavy (non-hydrogen) atoms. The number of carbonyl (C=O) groups excluding carboxylic acids is 1. The third-order valence-corrected chi connectivity index (χ3v) is 5.65.